The summed E-state index contributed by atoms with van der Waals surface area (Å²) in [4.78, 5) is 21.3. The van der Waals surface area contributed by atoms with Crippen LogP contribution in [-0.2, 0) is 17.3 Å². The number of rotatable bonds is 6. The molecule has 37 heavy (non-hydrogen) atoms. The van der Waals surface area contributed by atoms with Crippen LogP contribution in [0.1, 0.15) is 47.8 Å². The lowest BCUT2D eigenvalue weighted by Gasteiger charge is -2.38. The normalized spacial score (nSPS) is 19.4. The fraction of sp³-hybridized carbons (Fsp3) is 0.423. The molecule has 2 aromatic rings. The number of nitrogens with zero attached hydrogens (tertiary/aromatic N) is 3. The molecular formula is C26H29F4N5O2. The van der Waals surface area contributed by atoms with Gasteiger partial charge in [-0.3, -0.25) is 4.79 Å². The van der Waals surface area contributed by atoms with E-state index >= 15 is 0 Å². The second-order valence-electron chi connectivity index (χ2n) is 9.11. The number of ether oxygens (including phenoxy) is 1. The van der Waals surface area contributed by atoms with Gasteiger partial charge in [0.05, 0.1) is 18.0 Å². The third kappa shape index (κ3) is 6.03. The van der Waals surface area contributed by atoms with E-state index in [1.807, 2.05) is 11.0 Å². The molecule has 0 unspecified atom stereocenters. The number of alkyl halides is 3. The zero-order chi connectivity index (χ0) is 26.6. The summed E-state index contributed by atoms with van der Waals surface area (Å²) in [6.07, 6.45) is 3.62. The molecule has 1 spiro atoms. The molecule has 11 heteroatoms. The Kier molecular flexibility index (Phi) is 7.70. The molecule has 2 fully saturated rings. The Hall–Kier alpha value is -3.63. The van der Waals surface area contributed by atoms with E-state index < -0.39 is 29.2 Å². The summed E-state index contributed by atoms with van der Waals surface area (Å²) in [6, 6.07) is 4.60. The Balaban J connectivity index is 1.43. The number of halogens is 4. The van der Waals surface area contributed by atoms with Crippen LogP contribution >= 0.6 is 0 Å². The van der Waals surface area contributed by atoms with Crippen molar-refractivity contribution in [3.63, 3.8) is 0 Å². The van der Waals surface area contributed by atoms with Crippen LogP contribution in [-0.4, -0.2) is 48.2 Å². The molecular weight excluding hydrogens is 490 g/mol. The maximum Gasteiger partial charge on any atom is 0.434 e. The summed E-state index contributed by atoms with van der Waals surface area (Å²) in [5.41, 5.74) is 0.294. The number of amides is 1. The van der Waals surface area contributed by atoms with Gasteiger partial charge >= 0.3 is 6.18 Å². The van der Waals surface area contributed by atoms with Crippen LogP contribution in [0, 0.1) is 5.82 Å². The minimum atomic E-state index is -4.52. The zero-order valence-corrected chi connectivity index (χ0v) is 20.7. The van der Waals surface area contributed by atoms with Crippen molar-refractivity contribution in [2.24, 2.45) is 0 Å². The highest BCUT2D eigenvalue weighted by Gasteiger charge is 2.44. The first-order valence-electron chi connectivity index (χ1n) is 12.1. The number of piperidine rings is 1. The molecule has 0 bridgehead atoms. The van der Waals surface area contributed by atoms with Crippen LogP contribution in [0.25, 0.3) is 0 Å². The molecule has 2 aliphatic rings. The minimum Gasteiger partial charge on any atom is -0.485 e. The van der Waals surface area contributed by atoms with Gasteiger partial charge in [-0.15, -0.1) is 0 Å². The summed E-state index contributed by atoms with van der Waals surface area (Å²) >= 11 is 0. The predicted octanol–water partition coefficient (Wildman–Crippen LogP) is 4.37. The van der Waals surface area contributed by atoms with Gasteiger partial charge in [-0.2, -0.15) is 13.2 Å². The zero-order valence-electron chi connectivity index (χ0n) is 20.7. The number of hydrogen-bond donors (Lipinski definition) is 2. The van der Waals surface area contributed by atoms with Gasteiger partial charge in [0.2, 0.25) is 0 Å². The lowest BCUT2D eigenvalue weighted by atomic mass is 9.86. The summed E-state index contributed by atoms with van der Waals surface area (Å²) in [7, 11) is 1.78. The number of carbonyl (C=O) groups excluding carboxylic acids is 1. The molecule has 4 rings (SSSR count). The SMILES string of the molecule is CCNC(=O)c1ccc(C/C=C2/CC3(CCN(c4cnc(C(F)(F)F)cn4)CC3)O/C2=C/NC)cc1F. The van der Waals surface area contributed by atoms with E-state index in [9.17, 15) is 22.4 Å². The highest BCUT2D eigenvalue weighted by molar-refractivity contribution is 5.94. The first-order valence-corrected chi connectivity index (χ1v) is 12.1. The van der Waals surface area contributed by atoms with Gasteiger partial charge in [-0.05, 0) is 36.6 Å². The van der Waals surface area contributed by atoms with E-state index in [0.717, 1.165) is 23.5 Å². The molecule has 0 aliphatic carbocycles. The number of hydrogen-bond acceptors (Lipinski definition) is 6. The fourth-order valence-electron chi connectivity index (χ4n) is 4.61. The lowest BCUT2D eigenvalue weighted by Crippen LogP contribution is -2.44. The molecule has 2 aliphatic heterocycles. The van der Waals surface area contributed by atoms with Crippen LogP contribution in [0.3, 0.4) is 0 Å². The van der Waals surface area contributed by atoms with Gasteiger partial charge in [0.1, 0.15) is 23.0 Å². The summed E-state index contributed by atoms with van der Waals surface area (Å²) in [5.74, 6) is 0.111. The Bertz CT molecular complexity index is 1190. The predicted molar refractivity (Wildman–Crippen MR) is 130 cm³/mol. The average molecular weight is 520 g/mol. The molecule has 1 amide bonds. The molecule has 3 heterocycles. The molecule has 1 aromatic carbocycles. The summed E-state index contributed by atoms with van der Waals surface area (Å²) < 4.78 is 59.2. The molecule has 2 N–H and O–H groups in total. The second kappa shape index (κ2) is 10.8. The fourth-order valence-corrected chi connectivity index (χ4v) is 4.61. The summed E-state index contributed by atoms with van der Waals surface area (Å²) in [6.45, 7) is 3.32. The first-order chi connectivity index (χ1) is 17.6. The lowest BCUT2D eigenvalue weighted by molar-refractivity contribution is -0.141. The highest BCUT2D eigenvalue weighted by atomic mass is 19.4. The second-order valence-corrected chi connectivity index (χ2v) is 9.11. The Labute approximate surface area is 212 Å². The molecule has 0 atom stereocenters. The quantitative estimate of drug-likeness (QED) is 0.552. The third-order valence-corrected chi connectivity index (χ3v) is 6.56. The number of anilines is 1. The van der Waals surface area contributed by atoms with Gasteiger partial charge in [0.25, 0.3) is 5.91 Å². The van der Waals surface area contributed by atoms with E-state index in [1.54, 1.807) is 26.2 Å². The van der Waals surface area contributed by atoms with Crippen LogP contribution in [0.4, 0.5) is 23.4 Å². The maximum atomic E-state index is 14.5. The number of benzene rings is 1. The van der Waals surface area contributed by atoms with E-state index in [0.29, 0.717) is 56.9 Å². The van der Waals surface area contributed by atoms with Gasteiger partial charge < -0.3 is 20.3 Å². The summed E-state index contributed by atoms with van der Waals surface area (Å²) in [5, 5.41) is 5.60. The first kappa shape index (κ1) is 26.4. The molecule has 1 aromatic heterocycles. The van der Waals surface area contributed by atoms with E-state index in [-0.39, 0.29) is 5.56 Å². The van der Waals surface area contributed by atoms with Crippen LogP contribution in [0.15, 0.2) is 54.2 Å². The minimum absolute atomic E-state index is 0.0154. The van der Waals surface area contributed by atoms with Crippen molar-refractivity contribution < 1.29 is 27.1 Å². The van der Waals surface area contributed by atoms with Gasteiger partial charge in [0.15, 0.2) is 5.69 Å². The standard InChI is InChI=1S/C26H29F4N5O2/c1-3-32-24(36)19-7-5-17(12-20(19)27)4-6-18-13-25(37-21(18)14-31-2)8-10-35(11-9-25)23-16-33-22(15-34-23)26(28,29)30/h5-7,12,14-16,31H,3-4,8-11,13H2,1-2H3,(H,32,36)/b18-6-,21-14+. The van der Waals surface area contributed by atoms with Gasteiger partial charge in [0, 0.05) is 52.1 Å². The number of allylic oxidation sites excluding steroid dienone is 2. The number of nitrogens with one attached hydrogen (secondary N) is 2. The van der Waals surface area contributed by atoms with Crippen LogP contribution in [0.5, 0.6) is 0 Å². The van der Waals surface area contributed by atoms with E-state index in [4.69, 9.17) is 4.74 Å². The van der Waals surface area contributed by atoms with Crippen molar-refractivity contribution in [1.82, 2.24) is 20.6 Å². The van der Waals surface area contributed by atoms with Crippen molar-refractivity contribution >= 4 is 11.7 Å². The van der Waals surface area contributed by atoms with E-state index in [1.165, 1.54) is 12.1 Å². The Morgan fingerprint density at radius 2 is 1.97 bits per heavy atom. The highest BCUT2D eigenvalue weighted by Crippen LogP contribution is 2.44. The molecule has 2 saturated heterocycles. The van der Waals surface area contributed by atoms with Crippen LogP contribution < -0.4 is 15.5 Å². The van der Waals surface area contributed by atoms with Gasteiger partial charge in [-0.25, -0.2) is 14.4 Å². The van der Waals surface area contributed by atoms with Crippen molar-refractivity contribution in [2.75, 3.05) is 31.6 Å². The van der Waals surface area contributed by atoms with E-state index in [2.05, 4.69) is 20.6 Å². The number of carbonyl (C=O) groups is 1. The molecule has 0 saturated carbocycles. The van der Waals surface area contributed by atoms with Crippen LogP contribution in [0.2, 0.25) is 0 Å². The molecule has 7 nitrogen and oxygen atoms in total. The van der Waals surface area contributed by atoms with Crippen molar-refractivity contribution in [3.05, 3.63) is 76.8 Å². The average Bonchev–Trinajstić information content (AvgIpc) is 3.19. The third-order valence-electron chi connectivity index (χ3n) is 6.56. The monoisotopic (exact) mass is 519 g/mol. The maximum absolute atomic E-state index is 14.5. The topological polar surface area (TPSA) is 79.4 Å². The Morgan fingerprint density at radius 1 is 1.22 bits per heavy atom. The van der Waals surface area contributed by atoms with Gasteiger partial charge in [-0.1, -0.05) is 12.1 Å². The van der Waals surface area contributed by atoms with Crippen molar-refractivity contribution in [3.8, 4) is 0 Å². The van der Waals surface area contributed by atoms with Crippen molar-refractivity contribution in [1.29, 1.82) is 0 Å². The molecule has 198 valence electrons. The smallest absolute Gasteiger partial charge is 0.434 e. The van der Waals surface area contributed by atoms with Crippen molar-refractivity contribution in [2.45, 2.75) is 44.4 Å². The number of aromatic nitrogens is 2. The molecule has 0 radical (unpaired) electrons. The Morgan fingerprint density at radius 3 is 2.57 bits per heavy atom. The largest absolute Gasteiger partial charge is 0.485 e.